The van der Waals surface area contributed by atoms with Crippen LogP contribution in [0.5, 0.6) is 5.75 Å². The Balaban J connectivity index is 3.26. The number of benzene rings is 1. The minimum Gasteiger partial charge on any atom is -0.491 e. The maximum absolute atomic E-state index is 11.5. The summed E-state index contributed by atoms with van der Waals surface area (Å²) in [5.41, 5.74) is 0.613. The molecular formula is C16H22O7Si. The summed E-state index contributed by atoms with van der Waals surface area (Å²) in [7, 11) is -3.94. The van der Waals surface area contributed by atoms with Gasteiger partial charge >= 0.3 is 8.80 Å². The Kier molecular flexibility index (Phi) is 6.96. The third-order valence-electron chi connectivity index (χ3n) is 2.64. The molecule has 0 aliphatic carbocycles. The number of carbonyl (C=O) groups is 3. The summed E-state index contributed by atoms with van der Waals surface area (Å²) in [6.07, 6.45) is -0.0848. The molecule has 0 amide bonds. The van der Waals surface area contributed by atoms with Crippen LogP contribution in [0.15, 0.2) is 24.3 Å². The van der Waals surface area contributed by atoms with Crippen molar-refractivity contribution in [1.82, 2.24) is 0 Å². The van der Waals surface area contributed by atoms with Gasteiger partial charge in [-0.25, -0.2) is 0 Å². The second-order valence-electron chi connectivity index (χ2n) is 5.42. The van der Waals surface area contributed by atoms with Crippen molar-refractivity contribution < 1.29 is 32.4 Å². The van der Waals surface area contributed by atoms with E-state index < -0.39 is 26.7 Å². The molecule has 0 bridgehead atoms. The molecule has 0 atom stereocenters. The monoisotopic (exact) mass is 354 g/mol. The fourth-order valence-corrected chi connectivity index (χ4v) is 4.49. The van der Waals surface area contributed by atoms with E-state index in [1.165, 1.54) is 0 Å². The summed E-state index contributed by atoms with van der Waals surface area (Å²) in [5, 5.41) is 0. The van der Waals surface area contributed by atoms with Crippen molar-refractivity contribution >= 4 is 26.7 Å². The van der Waals surface area contributed by atoms with Gasteiger partial charge in [-0.05, 0) is 19.9 Å². The van der Waals surface area contributed by atoms with Gasteiger partial charge in [0, 0.05) is 26.3 Å². The van der Waals surface area contributed by atoms with Crippen molar-refractivity contribution in [2.75, 3.05) is 0 Å². The van der Waals surface area contributed by atoms with Gasteiger partial charge in [0.05, 0.1) is 12.1 Å². The number of para-hydroxylation sites is 1. The summed E-state index contributed by atoms with van der Waals surface area (Å²) in [6, 6.07) is 6.96. The molecule has 0 aliphatic heterocycles. The average molecular weight is 354 g/mol. The highest BCUT2D eigenvalue weighted by Gasteiger charge is 2.52. The van der Waals surface area contributed by atoms with Crippen molar-refractivity contribution in [2.24, 2.45) is 0 Å². The van der Waals surface area contributed by atoms with Gasteiger partial charge in [0.25, 0.3) is 17.9 Å². The van der Waals surface area contributed by atoms with Crippen LogP contribution in [0.2, 0.25) is 0 Å². The second kappa shape index (κ2) is 8.49. The smallest absolute Gasteiger partial charge is 0.491 e. The molecular weight excluding hydrogens is 332 g/mol. The number of hydrogen-bond donors (Lipinski definition) is 0. The molecule has 0 radical (unpaired) electrons. The van der Waals surface area contributed by atoms with Crippen LogP contribution in [0.4, 0.5) is 0 Å². The number of ether oxygens (including phenoxy) is 1. The zero-order valence-electron chi connectivity index (χ0n) is 14.5. The van der Waals surface area contributed by atoms with E-state index in [1.54, 1.807) is 24.3 Å². The van der Waals surface area contributed by atoms with Crippen LogP contribution in [0.1, 0.15) is 40.2 Å². The molecule has 1 aromatic rings. The lowest BCUT2D eigenvalue weighted by molar-refractivity contribution is -0.147. The van der Waals surface area contributed by atoms with Crippen molar-refractivity contribution in [3.05, 3.63) is 29.8 Å². The molecule has 24 heavy (non-hydrogen) atoms. The van der Waals surface area contributed by atoms with Crippen LogP contribution in [-0.2, 0) is 33.7 Å². The van der Waals surface area contributed by atoms with Crippen LogP contribution in [0.25, 0.3) is 0 Å². The van der Waals surface area contributed by atoms with E-state index in [1.807, 2.05) is 13.8 Å². The van der Waals surface area contributed by atoms with E-state index in [2.05, 4.69) is 0 Å². The maximum atomic E-state index is 11.5. The minimum atomic E-state index is -3.94. The van der Waals surface area contributed by atoms with E-state index in [-0.39, 0.29) is 12.1 Å². The molecule has 0 N–H and O–H groups in total. The molecule has 7 nitrogen and oxygen atoms in total. The third kappa shape index (κ3) is 6.41. The topological polar surface area (TPSA) is 88.1 Å². The van der Waals surface area contributed by atoms with Crippen LogP contribution >= 0.6 is 0 Å². The van der Waals surface area contributed by atoms with Crippen molar-refractivity contribution in [3.8, 4) is 5.75 Å². The van der Waals surface area contributed by atoms with Crippen molar-refractivity contribution in [2.45, 2.75) is 46.8 Å². The van der Waals surface area contributed by atoms with E-state index >= 15 is 0 Å². The maximum Gasteiger partial charge on any atom is 0.709 e. The summed E-state index contributed by atoms with van der Waals surface area (Å²) < 4.78 is 21.3. The molecule has 0 saturated carbocycles. The Morgan fingerprint density at radius 1 is 0.917 bits per heavy atom. The molecule has 0 aliphatic rings. The van der Waals surface area contributed by atoms with Crippen molar-refractivity contribution in [3.63, 3.8) is 0 Å². The Hall–Kier alpha value is -2.35. The van der Waals surface area contributed by atoms with Crippen LogP contribution < -0.4 is 4.74 Å². The van der Waals surface area contributed by atoms with E-state index in [4.69, 9.17) is 18.0 Å². The first-order valence-corrected chi connectivity index (χ1v) is 9.40. The normalized spacial score (nSPS) is 10.9. The highest BCUT2D eigenvalue weighted by atomic mass is 28.4. The Bertz CT molecular complexity index is 571. The molecule has 0 heterocycles. The van der Waals surface area contributed by atoms with Crippen LogP contribution in [0.3, 0.4) is 0 Å². The highest BCUT2D eigenvalue weighted by Crippen LogP contribution is 2.26. The van der Waals surface area contributed by atoms with Gasteiger partial charge in [-0.15, -0.1) is 0 Å². The quantitative estimate of drug-likeness (QED) is 0.693. The van der Waals surface area contributed by atoms with E-state index in [9.17, 15) is 14.4 Å². The zero-order valence-corrected chi connectivity index (χ0v) is 15.5. The summed E-state index contributed by atoms with van der Waals surface area (Å²) >= 11 is 0. The lowest BCUT2D eigenvalue weighted by Gasteiger charge is -2.27. The molecule has 0 saturated heterocycles. The zero-order chi connectivity index (χ0) is 18.3. The van der Waals surface area contributed by atoms with Gasteiger partial charge < -0.3 is 18.0 Å². The standard InChI is InChI=1S/C16H22O7Si/c1-11(2)20-16-9-7-6-8-15(16)10-24(21-12(3)17,22-13(4)18)23-14(5)19/h6-9,11H,10H2,1-5H3. The van der Waals surface area contributed by atoms with Gasteiger partial charge in [0.15, 0.2) is 0 Å². The van der Waals surface area contributed by atoms with Gasteiger partial charge in [0.2, 0.25) is 0 Å². The van der Waals surface area contributed by atoms with Crippen molar-refractivity contribution in [1.29, 1.82) is 0 Å². The first-order valence-electron chi connectivity index (χ1n) is 7.47. The lowest BCUT2D eigenvalue weighted by Crippen LogP contribution is -2.51. The molecule has 1 rings (SSSR count). The molecule has 132 valence electrons. The third-order valence-corrected chi connectivity index (χ3v) is 5.25. The number of carbonyl (C=O) groups excluding carboxylic acids is 3. The highest BCUT2D eigenvalue weighted by molar-refractivity contribution is 6.65. The predicted molar refractivity (Wildman–Crippen MR) is 87.0 cm³/mol. The van der Waals surface area contributed by atoms with E-state index in [0.29, 0.717) is 11.3 Å². The SMILES string of the molecule is CC(=O)O[Si](Cc1ccccc1OC(C)C)(OC(C)=O)OC(C)=O. The summed E-state index contributed by atoms with van der Waals surface area (Å²) in [6.45, 7) is 7.21. The molecule has 0 unspecified atom stereocenters. The molecule has 0 spiro atoms. The van der Waals surface area contributed by atoms with Gasteiger partial charge in [-0.3, -0.25) is 14.4 Å². The first-order chi connectivity index (χ1) is 11.1. The Morgan fingerprint density at radius 2 is 1.38 bits per heavy atom. The lowest BCUT2D eigenvalue weighted by atomic mass is 10.2. The van der Waals surface area contributed by atoms with E-state index in [0.717, 1.165) is 20.8 Å². The molecule has 1 aromatic carbocycles. The second-order valence-corrected chi connectivity index (χ2v) is 7.75. The summed E-state index contributed by atoms with van der Waals surface area (Å²) in [5.74, 6) is -1.57. The number of hydrogen-bond acceptors (Lipinski definition) is 7. The predicted octanol–water partition coefficient (Wildman–Crippen LogP) is 2.18. The minimum absolute atomic E-state index is 0.0609. The first kappa shape index (κ1) is 19.7. The largest absolute Gasteiger partial charge is 0.709 e. The fraction of sp³-hybridized carbons (Fsp3) is 0.438. The summed E-state index contributed by atoms with van der Waals surface area (Å²) in [4.78, 5) is 34.4. The van der Waals surface area contributed by atoms with Gasteiger partial charge in [0.1, 0.15) is 5.75 Å². The van der Waals surface area contributed by atoms with Gasteiger partial charge in [-0.1, -0.05) is 18.2 Å². The Labute approximate surface area is 142 Å². The van der Waals surface area contributed by atoms with Gasteiger partial charge in [-0.2, -0.15) is 0 Å². The molecule has 0 fully saturated rings. The van der Waals surface area contributed by atoms with Crippen LogP contribution in [-0.4, -0.2) is 32.8 Å². The average Bonchev–Trinajstić information content (AvgIpc) is 2.37. The molecule has 8 heteroatoms. The Morgan fingerprint density at radius 3 is 1.79 bits per heavy atom. The fourth-order valence-electron chi connectivity index (χ4n) is 2.08. The molecule has 0 aromatic heterocycles. The number of rotatable bonds is 7. The van der Waals surface area contributed by atoms with Crippen LogP contribution in [0, 0.1) is 0 Å².